The van der Waals surface area contributed by atoms with E-state index in [0.29, 0.717) is 17.9 Å². The molecule has 0 saturated carbocycles. The van der Waals surface area contributed by atoms with Crippen molar-refractivity contribution in [2.45, 2.75) is 19.8 Å². The second kappa shape index (κ2) is 9.07. The lowest BCUT2D eigenvalue weighted by atomic mass is 10.2. The molecule has 0 amide bonds. The van der Waals surface area contributed by atoms with Gasteiger partial charge < -0.3 is 5.32 Å². The van der Waals surface area contributed by atoms with Crippen LogP contribution >= 0.6 is 23.4 Å². The van der Waals surface area contributed by atoms with Crippen molar-refractivity contribution in [2.24, 2.45) is 0 Å². The van der Waals surface area contributed by atoms with Crippen LogP contribution in [0.3, 0.4) is 0 Å². The Labute approximate surface area is 166 Å². The number of anilines is 3. The average Bonchev–Trinajstić information content (AvgIpc) is 2.82. The van der Waals surface area contributed by atoms with Crippen molar-refractivity contribution in [2.75, 3.05) is 28.2 Å². The summed E-state index contributed by atoms with van der Waals surface area (Å²) >= 11 is 0. The lowest BCUT2D eigenvalue weighted by Crippen LogP contribution is -2.32. The van der Waals surface area contributed by atoms with E-state index in [4.69, 9.17) is 0 Å². The highest BCUT2D eigenvalue weighted by molar-refractivity contribution is 8.27. The molecule has 1 heterocycles. The summed E-state index contributed by atoms with van der Waals surface area (Å²) in [6.45, 7) is 4.19. The number of fused-ring (bicyclic) bond motifs is 1. The SMILES string of the molecule is CCNCCCCN1c2ccccc2N(c2ccc(F)cc2F)S1(O)O.Cl. The minimum Gasteiger partial charge on any atom is -0.317 e. The molecule has 0 saturated heterocycles. The Kier molecular flexibility index (Phi) is 7.30. The second-order valence-electron chi connectivity index (χ2n) is 6.03. The van der Waals surface area contributed by atoms with E-state index in [1.165, 1.54) is 14.7 Å². The van der Waals surface area contributed by atoms with E-state index in [1.807, 2.05) is 6.92 Å². The molecule has 0 atom stereocenters. The topological polar surface area (TPSA) is 59.0 Å². The zero-order chi connectivity index (χ0) is 18.7. The number of rotatable bonds is 7. The quantitative estimate of drug-likeness (QED) is 0.530. The van der Waals surface area contributed by atoms with Gasteiger partial charge in [-0.1, -0.05) is 19.1 Å². The van der Waals surface area contributed by atoms with Crippen molar-refractivity contribution in [1.29, 1.82) is 0 Å². The van der Waals surface area contributed by atoms with Crippen LogP contribution in [-0.4, -0.2) is 28.7 Å². The first-order valence-electron chi connectivity index (χ1n) is 8.57. The number of unbranched alkanes of at least 4 members (excludes halogenated alkanes) is 1. The molecular weight excluding hydrogens is 396 g/mol. The molecule has 27 heavy (non-hydrogen) atoms. The number of nitrogens with zero attached hydrogens (tertiary/aromatic N) is 2. The van der Waals surface area contributed by atoms with Crippen LogP contribution in [0.1, 0.15) is 19.8 Å². The Morgan fingerprint density at radius 2 is 1.70 bits per heavy atom. The maximum absolute atomic E-state index is 14.3. The van der Waals surface area contributed by atoms with Crippen molar-refractivity contribution in [3.63, 3.8) is 0 Å². The minimum atomic E-state index is -3.48. The monoisotopic (exact) mass is 419 g/mol. The smallest absolute Gasteiger partial charge is 0.151 e. The molecule has 0 bridgehead atoms. The molecule has 0 fully saturated rings. The van der Waals surface area contributed by atoms with Crippen LogP contribution in [0.4, 0.5) is 25.8 Å². The Morgan fingerprint density at radius 1 is 1.00 bits per heavy atom. The van der Waals surface area contributed by atoms with Gasteiger partial charge in [0.15, 0.2) is 5.82 Å². The summed E-state index contributed by atoms with van der Waals surface area (Å²) in [7, 11) is -3.48. The molecule has 0 spiro atoms. The van der Waals surface area contributed by atoms with Gasteiger partial charge in [-0.05, 0) is 61.2 Å². The molecule has 0 aliphatic carbocycles. The van der Waals surface area contributed by atoms with Gasteiger partial charge in [-0.2, -0.15) is 0 Å². The second-order valence-corrected chi connectivity index (χ2v) is 7.82. The van der Waals surface area contributed by atoms with Gasteiger partial charge in [0, 0.05) is 12.6 Å². The maximum Gasteiger partial charge on any atom is 0.151 e. The largest absolute Gasteiger partial charge is 0.317 e. The molecule has 0 aromatic heterocycles. The molecule has 2 aromatic carbocycles. The van der Waals surface area contributed by atoms with Crippen LogP contribution in [0.15, 0.2) is 42.5 Å². The summed E-state index contributed by atoms with van der Waals surface area (Å²) in [5.41, 5.74) is 1.05. The van der Waals surface area contributed by atoms with Gasteiger partial charge in [0.2, 0.25) is 0 Å². The van der Waals surface area contributed by atoms with Crippen LogP contribution < -0.4 is 13.9 Å². The van der Waals surface area contributed by atoms with Crippen LogP contribution in [0.5, 0.6) is 0 Å². The Morgan fingerprint density at radius 3 is 2.37 bits per heavy atom. The number of hydrogen-bond acceptors (Lipinski definition) is 5. The number of nitrogens with one attached hydrogen (secondary N) is 1. The summed E-state index contributed by atoms with van der Waals surface area (Å²) in [5, 5.41) is 3.23. The van der Waals surface area contributed by atoms with E-state index >= 15 is 0 Å². The van der Waals surface area contributed by atoms with Crippen LogP contribution in [-0.2, 0) is 0 Å². The van der Waals surface area contributed by atoms with Crippen molar-refractivity contribution < 1.29 is 17.9 Å². The normalized spacial score (nSPS) is 16.0. The highest BCUT2D eigenvalue weighted by atomic mass is 35.5. The number of halogens is 3. The first kappa shape index (κ1) is 21.7. The highest BCUT2D eigenvalue weighted by Crippen LogP contribution is 2.64. The molecule has 0 radical (unpaired) electrons. The van der Waals surface area contributed by atoms with Gasteiger partial charge >= 0.3 is 0 Å². The van der Waals surface area contributed by atoms with Crippen LogP contribution in [0.25, 0.3) is 0 Å². The Balaban J connectivity index is 0.00000261. The first-order chi connectivity index (χ1) is 12.5. The van der Waals surface area contributed by atoms with E-state index in [1.54, 1.807) is 24.3 Å². The van der Waals surface area contributed by atoms with E-state index in [0.717, 1.165) is 38.1 Å². The molecule has 9 heteroatoms. The molecule has 150 valence electrons. The van der Waals surface area contributed by atoms with E-state index in [2.05, 4.69) is 5.32 Å². The van der Waals surface area contributed by atoms with Crippen molar-refractivity contribution >= 4 is 40.4 Å². The summed E-state index contributed by atoms with van der Waals surface area (Å²) < 4.78 is 52.1. The summed E-state index contributed by atoms with van der Waals surface area (Å²) in [4.78, 5) is 0. The third-order valence-electron chi connectivity index (χ3n) is 4.25. The average molecular weight is 420 g/mol. The van der Waals surface area contributed by atoms with Gasteiger partial charge in [0.1, 0.15) is 11.5 Å². The van der Waals surface area contributed by atoms with Crippen molar-refractivity contribution in [3.05, 3.63) is 54.1 Å². The molecule has 2 aromatic rings. The number of para-hydroxylation sites is 2. The molecular formula is C18H24ClF2N3O2S. The molecule has 1 aliphatic heterocycles. The summed E-state index contributed by atoms with van der Waals surface area (Å²) in [6.07, 6.45) is 1.63. The standard InChI is InChI=1S/C18H23F2N3O2S.ClH/c1-2-21-11-5-6-12-22-17-7-3-4-8-18(17)23(26(22,24)25)16-10-9-14(19)13-15(16)20;/h3-4,7-10,13,21,24-25H,2,5-6,11-12H2,1H3;1H. The summed E-state index contributed by atoms with van der Waals surface area (Å²) in [6, 6.07) is 10.1. The predicted octanol–water partition coefficient (Wildman–Crippen LogP) is 5.32. The molecule has 3 rings (SSSR count). The fourth-order valence-electron chi connectivity index (χ4n) is 3.04. The Hall–Kier alpha value is -1.58. The molecule has 0 unspecified atom stereocenters. The van der Waals surface area contributed by atoms with Gasteiger partial charge in [0.25, 0.3) is 0 Å². The molecule has 1 aliphatic rings. The predicted molar refractivity (Wildman–Crippen MR) is 110 cm³/mol. The third-order valence-corrected chi connectivity index (χ3v) is 6.11. The lowest BCUT2D eigenvalue weighted by molar-refractivity contribution is 0.481. The van der Waals surface area contributed by atoms with Crippen molar-refractivity contribution in [3.8, 4) is 0 Å². The maximum atomic E-state index is 14.3. The van der Waals surface area contributed by atoms with Gasteiger partial charge in [-0.15, -0.1) is 12.4 Å². The number of benzene rings is 2. The fourth-order valence-corrected chi connectivity index (χ4v) is 4.86. The molecule has 3 N–H and O–H groups in total. The minimum absolute atomic E-state index is 0. The number of hydrogen-bond donors (Lipinski definition) is 3. The van der Waals surface area contributed by atoms with Gasteiger partial charge in [-0.3, -0.25) is 13.4 Å². The molecule has 5 nitrogen and oxygen atoms in total. The van der Waals surface area contributed by atoms with Gasteiger partial charge in [0.05, 0.1) is 11.4 Å². The van der Waals surface area contributed by atoms with Gasteiger partial charge in [-0.25, -0.2) is 13.1 Å². The van der Waals surface area contributed by atoms with E-state index in [-0.39, 0.29) is 18.1 Å². The fraction of sp³-hybridized carbons (Fsp3) is 0.333. The first-order valence-corrected chi connectivity index (χ1v) is 10.0. The lowest BCUT2D eigenvalue weighted by Gasteiger charge is -2.43. The Bertz CT molecular complexity index is 782. The van der Waals surface area contributed by atoms with E-state index in [9.17, 15) is 17.9 Å². The summed E-state index contributed by atoms with van der Waals surface area (Å²) in [5.74, 6) is -1.55. The van der Waals surface area contributed by atoms with Crippen LogP contribution in [0, 0.1) is 11.6 Å². The zero-order valence-corrected chi connectivity index (χ0v) is 16.6. The van der Waals surface area contributed by atoms with E-state index < -0.39 is 22.6 Å². The van der Waals surface area contributed by atoms with Crippen LogP contribution in [0.2, 0.25) is 0 Å². The van der Waals surface area contributed by atoms with Crippen molar-refractivity contribution in [1.82, 2.24) is 5.32 Å². The highest BCUT2D eigenvalue weighted by Gasteiger charge is 2.42. The zero-order valence-electron chi connectivity index (χ0n) is 14.9. The third kappa shape index (κ3) is 4.30.